The van der Waals surface area contributed by atoms with Gasteiger partial charge in [-0.3, -0.25) is 9.59 Å². The van der Waals surface area contributed by atoms with Crippen LogP contribution in [-0.4, -0.2) is 25.5 Å². The van der Waals surface area contributed by atoms with Crippen LogP contribution in [0.4, 0.5) is 5.69 Å². The molecule has 5 heteroatoms. The molecule has 0 aliphatic heterocycles. The highest BCUT2D eigenvalue weighted by atomic mass is 16.5. The van der Waals surface area contributed by atoms with E-state index in [0.717, 1.165) is 0 Å². The summed E-state index contributed by atoms with van der Waals surface area (Å²) in [5.74, 6) is 0.107. The van der Waals surface area contributed by atoms with Gasteiger partial charge in [0.1, 0.15) is 5.75 Å². The maximum atomic E-state index is 12.3. The van der Waals surface area contributed by atoms with Crippen molar-refractivity contribution in [2.75, 3.05) is 19.0 Å². The Bertz CT molecular complexity index is 708. The molecule has 0 unspecified atom stereocenters. The van der Waals surface area contributed by atoms with Gasteiger partial charge >= 0.3 is 0 Å². The average molecular weight is 310 g/mol. The molecule has 23 heavy (non-hydrogen) atoms. The van der Waals surface area contributed by atoms with Crippen molar-refractivity contribution in [3.05, 3.63) is 72.3 Å². The Hall–Kier alpha value is -3.08. The van der Waals surface area contributed by atoms with E-state index in [-0.39, 0.29) is 11.8 Å². The van der Waals surface area contributed by atoms with Crippen molar-refractivity contribution >= 4 is 17.5 Å². The third-order valence-electron chi connectivity index (χ3n) is 3.17. The Morgan fingerprint density at radius 3 is 2.26 bits per heavy atom. The molecule has 0 fully saturated rings. The van der Waals surface area contributed by atoms with Gasteiger partial charge in [-0.15, -0.1) is 6.58 Å². The van der Waals surface area contributed by atoms with Gasteiger partial charge in [0.05, 0.1) is 12.8 Å². The first kappa shape index (κ1) is 16.3. The summed E-state index contributed by atoms with van der Waals surface area (Å²) in [6.07, 6.45) is 1.60. The zero-order valence-electron chi connectivity index (χ0n) is 12.8. The smallest absolute Gasteiger partial charge is 0.255 e. The number of carbonyl (C=O) groups is 2. The van der Waals surface area contributed by atoms with Crippen molar-refractivity contribution in [2.45, 2.75) is 0 Å². The van der Waals surface area contributed by atoms with E-state index >= 15 is 0 Å². The van der Waals surface area contributed by atoms with Crippen LogP contribution in [0.2, 0.25) is 0 Å². The van der Waals surface area contributed by atoms with Gasteiger partial charge in [0, 0.05) is 17.7 Å². The number of carbonyl (C=O) groups excluding carboxylic acids is 2. The molecule has 0 saturated heterocycles. The molecular weight excluding hydrogens is 292 g/mol. The summed E-state index contributed by atoms with van der Waals surface area (Å²) >= 11 is 0. The number of rotatable bonds is 6. The number of amides is 2. The topological polar surface area (TPSA) is 67.4 Å². The van der Waals surface area contributed by atoms with Gasteiger partial charge in [0.25, 0.3) is 11.8 Å². The number of nitrogens with one attached hydrogen (secondary N) is 2. The fourth-order valence-electron chi connectivity index (χ4n) is 1.98. The molecule has 0 radical (unpaired) electrons. The quantitative estimate of drug-likeness (QED) is 0.806. The van der Waals surface area contributed by atoms with Gasteiger partial charge in [0.15, 0.2) is 0 Å². The second-order valence-corrected chi connectivity index (χ2v) is 4.73. The number of anilines is 1. The molecule has 0 saturated carbocycles. The third-order valence-corrected chi connectivity index (χ3v) is 3.17. The largest absolute Gasteiger partial charge is 0.495 e. The number of hydrogen-bond acceptors (Lipinski definition) is 3. The first-order valence-corrected chi connectivity index (χ1v) is 7.09. The minimum Gasteiger partial charge on any atom is -0.495 e. The maximum Gasteiger partial charge on any atom is 0.255 e. The second-order valence-electron chi connectivity index (χ2n) is 4.73. The molecule has 0 aliphatic rings. The zero-order valence-corrected chi connectivity index (χ0v) is 12.8. The minimum absolute atomic E-state index is 0.207. The van der Waals surface area contributed by atoms with Crippen LogP contribution in [0.5, 0.6) is 5.75 Å². The van der Waals surface area contributed by atoms with Crippen LogP contribution >= 0.6 is 0 Å². The van der Waals surface area contributed by atoms with Crippen LogP contribution in [0.3, 0.4) is 0 Å². The summed E-state index contributed by atoms with van der Waals surface area (Å²) in [4.78, 5) is 24.0. The Kier molecular flexibility index (Phi) is 5.52. The lowest BCUT2D eigenvalue weighted by Crippen LogP contribution is -2.23. The Balaban J connectivity index is 2.08. The summed E-state index contributed by atoms with van der Waals surface area (Å²) in [6, 6.07) is 13.6. The van der Waals surface area contributed by atoms with Gasteiger partial charge in [-0.1, -0.05) is 18.2 Å². The summed E-state index contributed by atoms with van der Waals surface area (Å²) < 4.78 is 5.19. The van der Waals surface area contributed by atoms with Crippen molar-refractivity contribution in [3.8, 4) is 5.75 Å². The molecule has 0 bridgehead atoms. The zero-order chi connectivity index (χ0) is 16.7. The number of ether oxygens (including phenoxy) is 1. The molecule has 0 atom stereocenters. The van der Waals surface area contributed by atoms with Crippen LogP contribution in [0.25, 0.3) is 0 Å². The fraction of sp³-hybridized carbons (Fsp3) is 0.111. The SMILES string of the molecule is C=CCNC(=O)c1ccc(C(=O)Nc2ccccc2OC)cc1. The normalized spacial score (nSPS) is 9.78. The number of para-hydroxylation sites is 2. The molecule has 2 amide bonds. The number of methoxy groups -OCH3 is 1. The Labute approximate surface area is 135 Å². The van der Waals surface area contributed by atoms with Crippen LogP contribution < -0.4 is 15.4 Å². The van der Waals surface area contributed by atoms with Gasteiger partial charge in [-0.05, 0) is 36.4 Å². The molecule has 5 nitrogen and oxygen atoms in total. The predicted molar refractivity (Wildman–Crippen MR) is 89.9 cm³/mol. The molecule has 2 rings (SSSR count). The highest BCUT2D eigenvalue weighted by Crippen LogP contribution is 2.23. The summed E-state index contributed by atoms with van der Waals surface area (Å²) in [5.41, 5.74) is 1.53. The maximum absolute atomic E-state index is 12.3. The van der Waals surface area contributed by atoms with E-state index in [1.807, 2.05) is 12.1 Å². The molecule has 0 aromatic heterocycles. The summed E-state index contributed by atoms with van der Waals surface area (Å²) in [5, 5.41) is 5.46. The lowest BCUT2D eigenvalue weighted by Gasteiger charge is -2.10. The lowest BCUT2D eigenvalue weighted by atomic mass is 10.1. The minimum atomic E-state index is -0.271. The van der Waals surface area contributed by atoms with Crippen LogP contribution in [0.1, 0.15) is 20.7 Å². The van der Waals surface area contributed by atoms with E-state index < -0.39 is 0 Å². The summed E-state index contributed by atoms with van der Waals surface area (Å²) in [7, 11) is 1.54. The van der Waals surface area contributed by atoms with Crippen molar-refractivity contribution in [2.24, 2.45) is 0 Å². The molecule has 118 valence electrons. The monoisotopic (exact) mass is 310 g/mol. The molecule has 0 aliphatic carbocycles. The average Bonchev–Trinajstić information content (AvgIpc) is 2.60. The van der Waals surface area contributed by atoms with Crippen LogP contribution in [0.15, 0.2) is 61.2 Å². The first-order chi connectivity index (χ1) is 11.2. The Morgan fingerprint density at radius 2 is 1.65 bits per heavy atom. The number of hydrogen-bond donors (Lipinski definition) is 2. The van der Waals surface area contributed by atoms with E-state index in [2.05, 4.69) is 17.2 Å². The molecular formula is C18H18N2O3. The standard InChI is InChI=1S/C18H18N2O3/c1-3-12-19-17(21)13-8-10-14(11-9-13)18(22)20-15-6-4-5-7-16(15)23-2/h3-11H,1,12H2,2H3,(H,19,21)(H,20,22). The van der Waals surface area contributed by atoms with Gasteiger partial charge in [-0.2, -0.15) is 0 Å². The van der Waals surface area contributed by atoms with E-state index in [0.29, 0.717) is 29.1 Å². The molecule has 0 heterocycles. The van der Waals surface area contributed by atoms with Gasteiger partial charge in [0.2, 0.25) is 0 Å². The highest BCUT2D eigenvalue weighted by molar-refractivity contribution is 6.05. The molecule has 0 spiro atoms. The lowest BCUT2D eigenvalue weighted by molar-refractivity contribution is 0.0956. The molecule has 2 N–H and O–H groups in total. The van der Waals surface area contributed by atoms with Gasteiger partial charge < -0.3 is 15.4 Å². The predicted octanol–water partition coefficient (Wildman–Crippen LogP) is 2.86. The van der Waals surface area contributed by atoms with Crippen molar-refractivity contribution in [1.82, 2.24) is 5.32 Å². The first-order valence-electron chi connectivity index (χ1n) is 7.09. The molecule has 2 aromatic rings. The van der Waals surface area contributed by atoms with Crippen LogP contribution in [-0.2, 0) is 0 Å². The fourth-order valence-corrected chi connectivity index (χ4v) is 1.98. The van der Waals surface area contributed by atoms with Crippen LogP contribution in [0, 0.1) is 0 Å². The second kappa shape index (κ2) is 7.79. The Morgan fingerprint density at radius 1 is 1.04 bits per heavy atom. The van der Waals surface area contributed by atoms with Crippen molar-refractivity contribution in [3.63, 3.8) is 0 Å². The molecule has 2 aromatic carbocycles. The summed E-state index contributed by atoms with van der Waals surface area (Å²) in [6.45, 7) is 3.94. The number of benzene rings is 2. The van der Waals surface area contributed by atoms with Crippen molar-refractivity contribution < 1.29 is 14.3 Å². The highest BCUT2D eigenvalue weighted by Gasteiger charge is 2.10. The van der Waals surface area contributed by atoms with E-state index in [1.165, 1.54) is 0 Å². The third kappa shape index (κ3) is 4.20. The van der Waals surface area contributed by atoms with Gasteiger partial charge in [-0.25, -0.2) is 0 Å². The van der Waals surface area contributed by atoms with E-state index in [4.69, 9.17) is 4.74 Å². The van der Waals surface area contributed by atoms with Crippen molar-refractivity contribution in [1.29, 1.82) is 0 Å². The van der Waals surface area contributed by atoms with E-state index in [9.17, 15) is 9.59 Å². The van der Waals surface area contributed by atoms with E-state index in [1.54, 1.807) is 49.6 Å².